The molecule has 146 valence electrons. The van der Waals surface area contributed by atoms with Gasteiger partial charge < -0.3 is 9.84 Å². The van der Waals surface area contributed by atoms with Crippen molar-refractivity contribution in [2.24, 2.45) is 0 Å². The van der Waals surface area contributed by atoms with Crippen LogP contribution < -0.4 is 4.74 Å². The van der Waals surface area contributed by atoms with Crippen molar-refractivity contribution in [3.8, 4) is 11.5 Å². The number of aromatic hydroxyl groups is 1. The number of aromatic nitrogens is 1. The van der Waals surface area contributed by atoms with E-state index in [0.29, 0.717) is 11.1 Å². The second-order valence-corrected chi connectivity index (χ2v) is 7.03. The Morgan fingerprint density at radius 3 is 2.46 bits per heavy atom. The summed E-state index contributed by atoms with van der Waals surface area (Å²) < 4.78 is 20.9. The van der Waals surface area contributed by atoms with E-state index in [0.717, 1.165) is 6.07 Å². The van der Waals surface area contributed by atoms with E-state index >= 15 is 0 Å². The zero-order valence-electron chi connectivity index (χ0n) is 15.3. The van der Waals surface area contributed by atoms with Crippen LogP contribution in [0.3, 0.4) is 0 Å². The molecule has 0 bridgehead atoms. The van der Waals surface area contributed by atoms with Gasteiger partial charge in [-0.15, -0.1) is 0 Å². The van der Waals surface area contributed by atoms with Gasteiger partial charge in [-0.25, -0.2) is 4.39 Å². The van der Waals surface area contributed by atoms with Crippen molar-refractivity contribution >= 4 is 46.0 Å². The van der Waals surface area contributed by atoms with Gasteiger partial charge in [-0.2, -0.15) is 0 Å². The van der Waals surface area contributed by atoms with Gasteiger partial charge in [0.05, 0.1) is 26.6 Å². The number of carbonyl (C=O) groups excluding carboxylic acids is 2. The number of nitrogens with zero attached hydrogens (tertiary/aromatic N) is 1. The largest absolute Gasteiger partial charge is 0.505 e. The molecule has 2 aromatic carbocycles. The van der Waals surface area contributed by atoms with Gasteiger partial charge in [0.2, 0.25) is 0 Å². The van der Waals surface area contributed by atoms with Gasteiger partial charge in [0.25, 0.3) is 5.91 Å². The molecule has 0 unspecified atom stereocenters. The molecular formula is C20H16Cl2FNO4. The maximum Gasteiger partial charge on any atom is 0.308 e. The first-order valence-electron chi connectivity index (χ1n) is 8.40. The summed E-state index contributed by atoms with van der Waals surface area (Å²) in [7, 11) is 0. The molecule has 3 rings (SSSR count). The smallest absolute Gasteiger partial charge is 0.308 e. The number of carbonyl (C=O) groups is 2. The zero-order valence-corrected chi connectivity index (χ0v) is 16.8. The van der Waals surface area contributed by atoms with Gasteiger partial charge in [-0.1, -0.05) is 30.1 Å². The first kappa shape index (κ1) is 20.2. The van der Waals surface area contributed by atoms with Crippen LogP contribution in [0.2, 0.25) is 10.0 Å². The van der Waals surface area contributed by atoms with E-state index in [1.165, 1.54) is 29.7 Å². The summed E-state index contributed by atoms with van der Waals surface area (Å²) in [5.41, 5.74) is 0.934. The van der Waals surface area contributed by atoms with Crippen molar-refractivity contribution in [2.75, 3.05) is 0 Å². The van der Waals surface area contributed by atoms with Crippen LogP contribution in [0, 0.1) is 12.7 Å². The van der Waals surface area contributed by atoms with Gasteiger partial charge in [-0.05, 0) is 31.5 Å². The third-order valence-corrected chi connectivity index (χ3v) is 5.17. The van der Waals surface area contributed by atoms with Crippen molar-refractivity contribution in [2.45, 2.75) is 27.2 Å². The number of fused-ring (bicyclic) bond motifs is 1. The molecule has 8 heteroatoms. The predicted octanol–water partition coefficient (Wildman–Crippen LogP) is 5.28. The van der Waals surface area contributed by atoms with E-state index in [1.807, 2.05) is 0 Å². The van der Waals surface area contributed by atoms with Gasteiger partial charge >= 0.3 is 5.97 Å². The third-order valence-electron chi connectivity index (χ3n) is 4.43. The lowest BCUT2D eigenvalue weighted by molar-refractivity contribution is -0.131. The number of esters is 1. The monoisotopic (exact) mass is 423 g/mol. The molecule has 0 atom stereocenters. The van der Waals surface area contributed by atoms with E-state index in [9.17, 15) is 19.1 Å². The fourth-order valence-corrected chi connectivity index (χ4v) is 3.50. The Kier molecular flexibility index (Phi) is 5.37. The Labute approximate surface area is 170 Å². The third kappa shape index (κ3) is 3.23. The second kappa shape index (κ2) is 7.45. The maximum atomic E-state index is 14.3. The van der Waals surface area contributed by atoms with Crippen molar-refractivity contribution in [3.05, 3.63) is 56.9 Å². The minimum Gasteiger partial charge on any atom is -0.505 e. The number of ether oxygens (including phenoxy) is 1. The minimum atomic E-state index is -0.876. The predicted molar refractivity (Wildman–Crippen MR) is 105 cm³/mol. The summed E-state index contributed by atoms with van der Waals surface area (Å²) in [5.74, 6) is -2.42. The number of hydrogen-bond acceptors (Lipinski definition) is 4. The highest BCUT2D eigenvalue weighted by atomic mass is 35.5. The fraction of sp³-hybridized carbons (Fsp3) is 0.200. The van der Waals surface area contributed by atoms with Gasteiger partial charge in [0.1, 0.15) is 0 Å². The molecule has 0 aliphatic carbocycles. The maximum absolute atomic E-state index is 14.3. The summed E-state index contributed by atoms with van der Waals surface area (Å²) in [6, 6.07) is 5.42. The molecule has 28 heavy (non-hydrogen) atoms. The topological polar surface area (TPSA) is 68.5 Å². The Hall–Kier alpha value is -2.57. The summed E-state index contributed by atoms with van der Waals surface area (Å²) >= 11 is 11.9. The molecule has 0 saturated carbocycles. The number of hydrogen-bond donors (Lipinski definition) is 1. The van der Waals surface area contributed by atoms with Gasteiger partial charge in [-0.3, -0.25) is 14.2 Å². The highest BCUT2D eigenvalue weighted by Gasteiger charge is 2.27. The number of benzene rings is 2. The van der Waals surface area contributed by atoms with Crippen LogP contribution >= 0.6 is 23.2 Å². The first-order chi connectivity index (χ1) is 13.2. The number of rotatable bonds is 3. The average Bonchev–Trinajstić information content (AvgIpc) is 2.89. The van der Waals surface area contributed by atoms with E-state index in [4.69, 9.17) is 27.9 Å². The number of halogens is 3. The highest BCUT2D eigenvalue weighted by Crippen LogP contribution is 2.41. The molecule has 0 spiro atoms. The molecule has 0 radical (unpaired) electrons. The lowest BCUT2D eigenvalue weighted by Gasteiger charge is -2.09. The molecule has 1 N–H and O–H groups in total. The van der Waals surface area contributed by atoms with Crippen LogP contribution in [0.5, 0.6) is 11.5 Å². The quantitative estimate of drug-likeness (QED) is 0.581. The summed E-state index contributed by atoms with van der Waals surface area (Å²) in [5, 5.41) is 10.9. The van der Waals surface area contributed by atoms with Crippen molar-refractivity contribution in [1.82, 2.24) is 4.57 Å². The summed E-state index contributed by atoms with van der Waals surface area (Å²) in [4.78, 5) is 24.8. The molecule has 0 saturated heterocycles. The average molecular weight is 424 g/mol. The lowest BCUT2D eigenvalue weighted by Crippen LogP contribution is -2.14. The molecule has 0 fully saturated rings. The molecule has 1 aromatic heterocycles. The molecule has 0 amide bonds. The Bertz CT molecular complexity index is 1140. The summed E-state index contributed by atoms with van der Waals surface area (Å²) in [6.45, 7) is 4.51. The minimum absolute atomic E-state index is 0.100. The van der Waals surface area contributed by atoms with Gasteiger partial charge in [0, 0.05) is 24.1 Å². The fourth-order valence-electron chi connectivity index (χ4n) is 3.20. The van der Waals surface area contributed by atoms with Crippen LogP contribution in [0.25, 0.3) is 10.9 Å². The normalized spacial score (nSPS) is 11.1. The van der Waals surface area contributed by atoms with Crippen molar-refractivity contribution < 1.29 is 23.8 Å². The molecular weight excluding hydrogens is 408 g/mol. The molecule has 0 aliphatic rings. The molecule has 1 heterocycles. The Morgan fingerprint density at radius 1 is 1.21 bits per heavy atom. The molecule has 0 aliphatic heterocycles. The lowest BCUT2D eigenvalue weighted by atomic mass is 10.0. The zero-order chi connectivity index (χ0) is 20.7. The van der Waals surface area contributed by atoms with Crippen LogP contribution in [-0.2, 0) is 11.2 Å². The SMILES string of the molecule is CCc1c(O)c(F)cc2c1c(OC(C)=O)c(C)n2C(=O)c1ccc(Cl)c(Cl)c1. The first-order valence-corrected chi connectivity index (χ1v) is 9.16. The van der Waals surface area contributed by atoms with E-state index in [2.05, 4.69) is 0 Å². The van der Waals surface area contributed by atoms with Gasteiger partial charge in [0.15, 0.2) is 17.3 Å². The van der Waals surface area contributed by atoms with Crippen molar-refractivity contribution in [3.63, 3.8) is 0 Å². The highest BCUT2D eigenvalue weighted by molar-refractivity contribution is 6.42. The molecule has 5 nitrogen and oxygen atoms in total. The van der Waals surface area contributed by atoms with Crippen LogP contribution in [0.4, 0.5) is 4.39 Å². The number of phenols is 1. The van der Waals surface area contributed by atoms with E-state index < -0.39 is 23.4 Å². The second-order valence-electron chi connectivity index (χ2n) is 6.21. The Balaban J connectivity index is 2.37. The van der Waals surface area contributed by atoms with E-state index in [-0.39, 0.29) is 38.9 Å². The Morgan fingerprint density at radius 2 is 1.89 bits per heavy atom. The van der Waals surface area contributed by atoms with Crippen LogP contribution in [0.15, 0.2) is 24.3 Å². The van der Waals surface area contributed by atoms with Crippen LogP contribution in [-0.4, -0.2) is 21.6 Å². The number of phenolic OH excluding ortho intramolecular Hbond substituents is 1. The number of aryl methyl sites for hydroxylation is 1. The van der Waals surface area contributed by atoms with Crippen molar-refractivity contribution in [1.29, 1.82) is 0 Å². The standard InChI is InChI=1S/C20H16Cl2FNO4/c1-4-12-17-16(8-15(23)18(12)26)24(9(2)19(17)28-10(3)25)20(27)11-5-6-13(21)14(22)7-11/h5-8,26H,4H2,1-3H3. The van der Waals surface area contributed by atoms with E-state index in [1.54, 1.807) is 13.8 Å². The molecule has 3 aromatic rings. The summed E-state index contributed by atoms with van der Waals surface area (Å²) in [6.07, 6.45) is 0.263. The van der Waals surface area contributed by atoms with Crippen LogP contribution in [0.1, 0.15) is 35.5 Å².